The molecule has 0 saturated heterocycles. The maximum atomic E-state index is 10.6. The second kappa shape index (κ2) is 7.93. The highest BCUT2D eigenvalue weighted by Crippen LogP contribution is 2.15. The fourth-order valence-corrected chi connectivity index (χ4v) is 2.17. The molecule has 8 nitrogen and oxygen atoms in total. The van der Waals surface area contributed by atoms with E-state index in [1.54, 1.807) is 0 Å². The van der Waals surface area contributed by atoms with Crippen LogP contribution in [0, 0.1) is 10.1 Å². The van der Waals surface area contributed by atoms with Gasteiger partial charge in [0.2, 0.25) is 0 Å². The quantitative estimate of drug-likeness (QED) is 0.484. The average molecular weight is 339 g/mol. The molecule has 0 spiro atoms. The van der Waals surface area contributed by atoms with E-state index in [9.17, 15) is 10.1 Å². The third kappa shape index (κ3) is 4.79. The summed E-state index contributed by atoms with van der Waals surface area (Å²) < 4.78 is 7.00. The van der Waals surface area contributed by atoms with Crippen molar-refractivity contribution in [3.05, 3.63) is 82.7 Å². The standard InChI is InChI=1S/C17H17N5O3/c23-22(24)16-11-19-21(12-16)13-25-17-8-4-5-14(9-17)10-18-20-15-6-2-1-3-7-15/h1-9,11-12,18,20H,10,13H2. The fraction of sp³-hybridized carbons (Fsp3) is 0.118. The molecule has 0 aliphatic heterocycles. The molecule has 0 unspecified atom stereocenters. The SMILES string of the molecule is O=[N+]([O-])c1cnn(COc2cccc(CNNc3ccccc3)c2)c1. The summed E-state index contributed by atoms with van der Waals surface area (Å²) in [6.07, 6.45) is 2.52. The summed E-state index contributed by atoms with van der Waals surface area (Å²) >= 11 is 0. The van der Waals surface area contributed by atoms with Gasteiger partial charge in [-0.3, -0.25) is 10.1 Å². The van der Waals surface area contributed by atoms with Gasteiger partial charge in [0.05, 0.1) is 4.92 Å². The van der Waals surface area contributed by atoms with Crippen molar-refractivity contribution < 1.29 is 9.66 Å². The van der Waals surface area contributed by atoms with Crippen molar-refractivity contribution in [1.82, 2.24) is 15.2 Å². The Morgan fingerprint density at radius 1 is 1.16 bits per heavy atom. The van der Waals surface area contributed by atoms with Crippen molar-refractivity contribution in [2.45, 2.75) is 13.3 Å². The minimum atomic E-state index is -0.491. The Balaban J connectivity index is 1.51. The summed E-state index contributed by atoms with van der Waals surface area (Å²) in [6.45, 7) is 0.715. The van der Waals surface area contributed by atoms with Gasteiger partial charge in [0.15, 0.2) is 6.73 Å². The maximum absolute atomic E-state index is 10.6. The Labute approximate surface area is 144 Å². The highest BCUT2D eigenvalue weighted by atomic mass is 16.6. The second-order valence-electron chi connectivity index (χ2n) is 5.26. The van der Waals surface area contributed by atoms with E-state index >= 15 is 0 Å². The van der Waals surface area contributed by atoms with Crippen LogP contribution in [-0.2, 0) is 13.3 Å². The zero-order chi connectivity index (χ0) is 17.5. The van der Waals surface area contributed by atoms with Gasteiger partial charge in [-0.05, 0) is 29.8 Å². The van der Waals surface area contributed by atoms with Crippen LogP contribution in [0.25, 0.3) is 0 Å². The second-order valence-corrected chi connectivity index (χ2v) is 5.26. The van der Waals surface area contributed by atoms with Crippen LogP contribution in [0.4, 0.5) is 11.4 Å². The summed E-state index contributed by atoms with van der Waals surface area (Å²) in [7, 11) is 0. The lowest BCUT2D eigenvalue weighted by atomic mass is 10.2. The molecule has 128 valence electrons. The third-order valence-electron chi connectivity index (χ3n) is 3.39. The summed E-state index contributed by atoms with van der Waals surface area (Å²) in [5, 5.41) is 14.5. The first kappa shape index (κ1) is 16.5. The minimum Gasteiger partial charge on any atom is -0.471 e. The minimum absolute atomic E-state index is 0.0615. The number of hydrogen-bond donors (Lipinski definition) is 2. The van der Waals surface area contributed by atoms with Gasteiger partial charge in [-0.2, -0.15) is 5.10 Å². The zero-order valence-electron chi connectivity index (χ0n) is 13.3. The first-order chi connectivity index (χ1) is 12.2. The van der Waals surface area contributed by atoms with E-state index in [1.807, 2.05) is 54.6 Å². The Hall–Kier alpha value is -3.39. The molecule has 0 fully saturated rings. The van der Waals surface area contributed by atoms with Gasteiger partial charge in [0.25, 0.3) is 0 Å². The molecule has 2 aromatic carbocycles. The molecular weight excluding hydrogens is 322 g/mol. The van der Waals surface area contributed by atoms with Crippen molar-refractivity contribution in [2.75, 3.05) is 5.43 Å². The molecule has 0 amide bonds. The van der Waals surface area contributed by atoms with Crippen LogP contribution < -0.4 is 15.6 Å². The number of hydrazine groups is 1. The molecule has 3 rings (SSSR count). The third-order valence-corrected chi connectivity index (χ3v) is 3.39. The van der Waals surface area contributed by atoms with Crippen LogP contribution in [0.2, 0.25) is 0 Å². The summed E-state index contributed by atoms with van der Waals surface area (Å²) in [6, 6.07) is 17.4. The molecular formula is C17H17N5O3. The van der Waals surface area contributed by atoms with E-state index < -0.39 is 4.92 Å². The Bertz CT molecular complexity index is 835. The molecule has 0 radical (unpaired) electrons. The number of rotatable bonds is 8. The lowest BCUT2D eigenvalue weighted by Crippen LogP contribution is -2.20. The molecule has 0 saturated carbocycles. The Kier molecular flexibility index (Phi) is 5.22. The van der Waals surface area contributed by atoms with Gasteiger partial charge in [0, 0.05) is 12.2 Å². The highest BCUT2D eigenvalue weighted by molar-refractivity contribution is 5.41. The van der Waals surface area contributed by atoms with Crippen molar-refractivity contribution in [2.24, 2.45) is 0 Å². The van der Waals surface area contributed by atoms with Gasteiger partial charge in [-0.25, -0.2) is 10.1 Å². The zero-order valence-corrected chi connectivity index (χ0v) is 13.3. The average Bonchev–Trinajstić information content (AvgIpc) is 3.11. The topological polar surface area (TPSA) is 94.2 Å². The normalized spacial score (nSPS) is 10.4. The number of hydrogen-bond acceptors (Lipinski definition) is 6. The van der Waals surface area contributed by atoms with Crippen LogP contribution in [-0.4, -0.2) is 14.7 Å². The molecule has 25 heavy (non-hydrogen) atoms. The molecule has 0 aliphatic carbocycles. The summed E-state index contributed by atoms with van der Waals surface area (Å²) in [4.78, 5) is 10.1. The van der Waals surface area contributed by atoms with Gasteiger partial charge in [0.1, 0.15) is 18.1 Å². The van der Waals surface area contributed by atoms with Crippen LogP contribution in [0.15, 0.2) is 67.0 Å². The van der Waals surface area contributed by atoms with Crippen molar-refractivity contribution in [3.8, 4) is 5.75 Å². The van der Waals surface area contributed by atoms with Crippen molar-refractivity contribution in [3.63, 3.8) is 0 Å². The van der Waals surface area contributed by atoms with E-state index in [0.29, 0.717) is 12.3 Å². The lowest BCUT2D eigenvalue weighted by Gasteiger charge is -2.10. The lowest BCUT2D eigenvalue weighted by molar-refractivity contribution is -0.385. The van der Waals surface area contributed by atoms with Gasteiger partial charge < -0.3 is 10.2 Å². The highest BCUT2D eigenvalue weighted by Gasteiger charge is 2.08. The summed E-state index contributed by atoms with van der Waals surface area (Å²) in [5.41, 5.74) is 8.21. The molecule has 3 aromatic rings. The number of ether oxygens (including phenoxy) is 1. The van der Waals surface area contributed by atoms with Gasteiger partial charge >= 0.3 is 5.69 Å². The number of aromatic nitrogens is 2. The number of nitro groups is 1. The molecule has 0 atom stereocenters. The van der Waals surface area contributed by atoms with Gasteiger partial charge in [-0.15, -0.1) is 0 Å². The van der Waals surface area contributed by atoms with E-state index in [4.69, 9.17) is 4.74 Å². The predicted octanol–water partition coefficient (Wildman–Crippen LogP) is 2.94. The van der Waals surface area contributed by atoms with E-state index in [2.05, 4.69) is 16.0 Å². The predicted molar refractivity (Wildman–Crippen MR) is 92.9 cm³/mol. The van der Waals surface area contributed by atoms with Crippen LogP contribution in [0.1, 0.15) is 5.56 Å². The monoisotopic (exact) mass is 339 g/mol. The molecule has 8 heteroatoms. The van der Waals surface area contributed by atoms with E-state index in [-0.39, 0.29) is 12.4 Å². The maximum Gasteiger partial charge on any atom is 0.307 e. The smallest absolute Gasteiger partial charge is 0.307 e. The van der Waals surface area contributed by atoms with Gasteiger partial charge in [-0.1, -0.05) is 30.3 Å². The van der Waals surface area contributed by atoms with Crippen LogP contribution >= 0.6 is 0 Å². The molecule has 2 N–H and O–H groups in total. The fourth-order valence-electron chi connectivity index (χ4n) is 2.17. The van der Waals surface area contributed by atoms with E-state index in [1.165, 1.54) is 17.1 Å². The van der Waals surface area contributed by atoms with Crippen LogP contribution in [0.5, 0.6) is 5.75 Å². The summed E-state index contributed by atoms with van der Waals surface area (Å²) in [5.74, 6) is 0.664. The van der Waals surface area contributed by atoms with Crippen molar-refractivity contribution in [1.29, 1.82) is 0 Å². The number of para-hydroxylation sites is 1. The first-order valence-corrected chi connectivity index (χ1v) is 7.63. The first-order valence-electron chi connectivity index (χ1n) is 7.63. The Morgan fingerprint density at radius 3 is 2.76 bits per heavy atom. The largest absolute Gasteiger partial charge is 0.471 e. The van der Waals surface area contributed by atoms with Crippen molar-refractivity contribution >= 4 is 11.4 Å². The molecule has 0 bridgehead atoms. The number of nitrogens with one attached hydrogen (secondary N) is 2. The van der Waals surface area contributed by atoms with E-state index in [0.717, 1.165) is 11.3 Å². The molecule has 1 heterocycles. The number of nitrogens with zero attached hydrogens (tertiary/aromatic N) is 3. The molecule has 0 aliphatic rings. The number of anilines is 1. The molecule has 1 aromatic heterocycles. The van der Waals surface area contributed by atoms with Crippen LogP contribution in [0.3, 0.4) is 0 Å². The number of benzene rings is 2. The Morgan fingerprint density at radius 2 is 2.00 bits per heavy atom.